The Morgan fingerprint density at radius 1 is 1.15 bits per heavy atom. The molecule has 0 heterocycles. The first-order chi connectivity index (χ1) is 9.41. The van der Waals surface area contributed by atoms with Crippen LogP contribution in [0, 0.1) is 0 Å². The highest BCUT2D eigenvalue weighted by Crippen LogP contribution is 2.29. The van der Waals surface area contributed by atoms with Crippen molar-refractivity contribution in [3.05, 3.63) is 59.1 Å². The number of phenolic OH excluding ortho intramolecular Hbond substituents is 1. The van der Waals surface area contributed by atoms with Crippen molar-refractivity contribution in [1.82, 2.24) is 0 Å². The van der Waals surface area contributed by atoms with Crippen LogP contribution in [0.1, 0.15) is 19.4 Å². The Hall–Kier alpha value is -2.00. The second kappa shape index (κ2) is 5.55. The minimum Gasteiger partial charge on any atom is -0.508 e. The van der Waals surface area contributed by atoms with Crippen molar-refractivity contribution in [2.75, 3.05) is 5.32 Å². The topological polar surface area (TPSA) is 49.3 Å². The molecule has 0 aliphatic rings. The number of carbonyl (C=O) groups is 1. The highest BCUT2D eigenvalue weighted by atomic mass is 35.5. The van der Waals surface area contributed by atoms with Crippen LogP contribution >= 0.6 is 11.6 Å². The second-order valence-electron chi connectivity index (χ2n) is 5.11. The Morgan fingerprint density at radius 2 is 1.80 bits per heavy atom. The molecule has 2 aromatic rings. The Labute approximate surface area is 123 Å². The molecule has 0 radical (unpaired) electrons. The molecule has 0 aromatic heterocycles. The molecule has 0 saturated heterocycles. The van der Waals surface area contributed by atoms with E-state index in [0.29, 0.717) is 10.7 Å². The summed E-state index contributed by atoms with van der Waals surface area (Å²) in [5.74, 6) is -0.0911. The highest BCUT2D eigenvalue weighted by molar-refractivity contribution is 6.34. The van der Waals surface area contributed by atoms with Gasteiger partial charge in [-0.05, 0) is 31.5 Å². The van der Waals surface area contributed by atoms with E-state index in [2.05, 4.69) is 5.32 Å². The van der Waals surface area contributed by atoms with Crippen LogP contribution in [0.4, 0.5) is 5.69 Å². The molecule has 0 aliphatic heterocycles. The standard InChI is InChI=1S/C16H16ClNO2/c1-16(2,11-6-4-3-5-7-11)15(20)18-14-9-8-12(19)10-13(14)17/h3-10,19H,1-2H3,(H,18,20). The van der Waals surface area contributed by atoms with Crippen LogP contribution in [-0.2, 0) is 10.2 Å². The molecule has 2 N–H and O–H groups in total. The number of amides is 1. The lowest BCUT2D eigenvalue weighted by molar-refractivity contribution is -0.120. The summed E-state index contributed by atoms with van der Waals surface area (Å²) in [6, 6.07) is 14.0. The molecule has 4 heteroatoms. The summed E-state index contributed by atoms with van der Waals surface area (Å²) >= 11 is 5.99. The summed E-state index contributed by atoms with van der Waals surface area (Å²) in [6.07, 6.45) is 0. The first-order valence-corrected chi connectivity index (χ1v) is 6.64. The molecule has 0 aliphatic carbocycles. The lowest BCUT2D eigenvalue weighted by Gasteiger charge is -2.24. The molecule has 0 unspecified atom stereocenters. The van der Waals surface area contributed by atoms with Gasteiger partial charge in [0, 0.05) is 6.07 Å². The van der Waals surface area contributed by atoms with Gasteiger partial charge in [0.25, 0.3) is 0 Å². The summed E-state index contributed by atoms with van der Waals surface area (Å²) in [5.41, 5.74) is 0.730. The van der Waals surface area contributed by atoms with E-state index in [9.17, 15) is 9.90 Å². The number of anilines is 1. The van der Waals surface area contributed by atoms with Crippen molar-refractivity contribution < 1.29 is 9.90 Å². The molecule has 2 aromatic carbocycles. The molecule has 20 heavy (non-hydrogen) atoms. The zero-order valence-electron chi connectivity index (χ0n) is 11.4. The number of rotatable bonds is 3. The predicted octanol–water partition coefficient (Wildman–Crippen LogP) is 3.96. The zero-order chi connectivity index (χ0) is 14.8. The number of nitrogens with one attached hydrogen (secondary N) is 1. The molecule has 3 nitrogen and oxygen atoms in total. The Bertz CT molecular complexity index is 624. The fraction of sp³-hybridized carbons (Fsp3) is 0.188. The van der Waals surface area contributed by atoms with Gasteiger partial charge in [0.1, 0.15) is 5.75 Å². The van der Waals surface area contributed by atoms with Crippen molar-refractivity contribution in [3.63, 3.8) is 0 Å². The van der Waals surface area contributed by atoms with Gasteiger partial charge in [-0.2, -0.15) is 0 Å². The van der Waals surface area contributed by atoms with Crippen molar-refractivity contribution in [1.29, 1.82) is 0 Å². The van der Waals surface area contributed by atoms with Crippen LogP contribution in [0.3, 0.4) is 0 Å². The Morgan fingerprint density at radius 3 is 2.40 bits per heavy atom. The third kappa shape index (κ3) is 2.94. The molecule has 0 bridgehead atoms. The van der Waals surface area contributed by atoms with Gasteiger partial charge < -0.3 is 10.4 Å². The highest BCUT2D eigenvalue weighted by Gasteiger charge is 2.29. The number of halogens is 1. The summed E-state index contributed by atoms with van der Waals surface area (Å²) < 4.78 is 0. The van der Waals surface area contributed by atoms with Gasteiger partial charge >= 0.3 is 0 Å². The quantitative estimate of drug-likeness (QED) is 0.840. The van der Waals surface area contributed by atoms with Gasteiger partial charge in [-0.3, -0.25) is 4.79 Å². The fourth-order valence-electron chi connectivity index (χ4n) is 1.87. The smallest absolute Gasteiger partial charge is 0.234 e. The number of hydrogen-bond acceptors (Lipinski definition) is 2. The molecular formula is C16H16ClNO2. The van der Waals surface area contributed by atoms with E-state index in [1.54, 1.807) is 6.07 Å². The fourth-order valence-corrected chi connectivity index (χ4v) is 2.09. The zero-order valence-corrected chi connectivity index (χ0v) is 12.1. The number of benzene rings is 2. The average molecular weight is 290 g/mol. The SMILES string of the molecule is CC(C)(C(=O)Nc1ccc(O)cc1Cl)c1ccccc1. The minimum absolute atomic E-state index is 0.0651. The first kappa shape index (κ1) is 14.4. The number of hydrogen-bond donors (Lipinski definition) is 2. The molecular weight excluding hydrogens is 274 g/mol. The van der Waals surface area contributed by atoms with Crippen LogP contribution in [-0.4, -0.2) is 11.0 Å². The Balaban J connectivity index is 2.23. The van der Waals surface area contributed by atoms with Crippen molar-refractivity contribution in [2.45, 2.75) is 19.3 Å². The van der Waals surface area contributed by atoms with E-state index >= 15 is 0 Å². The van der Waals surface area contributed by atoms with Crippen molar-refractivity contribution in [3.8, 4) is 5.75 Å². The summed E-state index contributed by atoms with van der Waals surface area (Å²) in [4.78, 5) is 12.4. The van der Waals surface area contributed by atoms with E-state index in [1.165, 1.54) is 12.1 Å². The van der Waals surface area contributed by atoms with E-state index in [0.717, 1.165) is 5.56 Å². The molecule has 0 spiro atoms. The summed E-state index contributed by atoms with van der Waals surface area (Å²) in [5, 5.41) is 12.4. The lowest BCUT2D eigenvalue weighted by atomic mass is 9.83. The molecule has 104 valence electrons. The molecule has 0 saturated carbocycles. The molecule has 1 amide bonds. The predicted molar refractivity (Wildman–Crippen MR) is 81.2 cm³/mol. The maximum atomic E-state index is 12.4. The van der Waals surface area contributed by atoms with Crippen LogP contribution in [0.15, 0.2) is 48.5 Å². The van der Waals surface area contributed by atoms with Gasteiger partial charge in [0.05, 0.1) is 16.1 Å². The number of aromatic hydroxyl groups is 1. The maximum Gasteiger partial charge on any atom is 0.234 e. The van der Waals surface area contributed by atoms with Crippen LogP contribution in [0.5, 0.6) is 5.75 Å². The van der Waals surface area contributed by atoms with Crippen molar-refractivity contribution in [2.24, 2.45) is 0 Å². The normalized spacial score (nSPS) is 11.2. The molecule has 2 rings (SSSR count). The summed E-state index contributed by atoms with van der Waals surface area (Å²) in [6.45, 7) is 3.71. The monoisotopic (exact) mass is 289 g/mol. The second-order valence-corrected chi connectivity index (χ2v) is 5.52. The lowest BCUT2D eigenvalue weighted by Crippen LogP contribution is -2.34. The largest absolute Gasteiger partial charge is 0.508 e. The minimum atomic E-state index is -0.678. The molecule has 0 fully saturated rings. The van der Waals surface area contributed by atoms with Gasteiger partial charge in [-0.15, -0.1) is 0 Å². The van der Waals surface area contributed by atoms with Crippen molar-refractivity contribution >= 4 is 23.2 Å². The average Bonchev–Trinajstić information content (AvgIpc) is 2.42. The van der Waals surface area contributed by atoms with E-state index < -0.39 is 5.41 Å². The third-order valence-electron chi connectivity index (χ3n) is 3.26. The third-order valence-corrected chi connectivity index (χ3v) is 3.58. The summed E-state index contributed by atoms with van der Waals surface area (Å²) in [7, 11) is 0. The van der Waals surface area contributed by atoms with E-state index in [-0.39, 0.29) is 11.7 Å². The van der Waals surface area contributed by atoms with Gasteiger partial charge in [0.2, 0.25) is 5.91 Å². The van der Waals surface area contributed by atoms with Gasteiger partial charge in [-0.25, -0.2) is 0 Å². The van der Waals surface area contributed by atoms with Gasteiger partial charge in [0.15, 0.2) is 0 Å². The van der Waals surface area contributed by atoms with Gasteiger partial charge in [-0.1, -0.05) is 41.9 Å². The van der Waals surface area contributed by atoms with Crippen LogP contribution in [0.2, 0.25) is 5.02 Å². The maximum absolute atomic E-state index is 12.4. The van der Waals surface area contributed by atoms with E-state index in [4.69, 9.17) is 11.6 Å². The number of carbonyl (C=O) groups excluding carboxylic acids is 1. The number of phenols is 1. The first-order valence-electron chi connectivity index (χ1n) is 6.27. The van der Waals surface area contributed by atoms with Crippen LogP contribution in [0.25, 0.3) is 0 Å². The van der Waals surface area contributed by atoms with Crippen LogP contribution < -0.4 is 5.32 Å². The molecule has 0 atom stereocenters. The Kier molecular flexibility index (Phi) is 4.00. The van der Waals surface area contributed by atoms with E-state index in [1.807, 2.05) is 44.2 Å².